The summed E-state index contributed by atoms with van der Waals surface area (Å²) in [6.07, 6.45) is 3.79. The summed E-state index contributed by atoms with van der Waals surface area (Å²) in [6, 6.07) is 0. The highest BCUT2D eigenvalue weighted by molar-refractivity contribution is 7.15. The van der Waals surface area contributed by atoms with E-state index in [-0.39, 0.29) is 12.1 Å². The van der Waals surface area contributed by atoms with Gasteiger partial charge in [0, 0.05) is 26.2 Å². The van der Waals surface area contributed by atoms with Crippen LogP contribution in [-0.4, -0.2) is 55.3 Å². The quantitative estimate of drug-likeness (QED) is 0.830. The molecule has 1 aromatic rings. The maximum Gasteiger partial charge on any atom is 0.185 e. The zero-order chi connectivity index (χ0) is 14.8. The fourth-order valence-corrected chi connectivity index (χ4v) is 3.63. The number of hydrogen-bond donors (Lipinski definition) is 1. The molecule has 6 heteroatoms. The van der Waals surface area contributed by atoms with Crippen LogP contribution in [0, 0.1) is 0 Å². The van der Waals surface area contributed by atoms with Crippen molar-refractivity contribution in [3.63, 3.8) is 0 Å². The van der Waals surface area contributed by atoms with E-state index in [0.717, 1.165) is 22.2 Å². The number of rotatable bonds is 7. The molecule has 0 spiro atoms. The Morgan fingerprint density at radius 1 is 1.35 bits per heavy atom. The Morgan fingerprint density at radius 2 is 2.05 bits per heavy atom. The van der Waals surface area contributed by atoms with Gasteiger partial charge in [-0.15, -0.1) is 0 Å². The molecular formula is C14H25N3O2S. The molecule has 5 nitrogen and oxygen atoms in total. The number of ether oxygens (including phenoxy) is 1. The molecular weight excluding hydrogens is 274 g/mol. The summed E-state index contributed by atoms with van der Waals surface area (Å²) in [7, 11) is 8.05. The SMILES string of the molecule is COCc1nc(N(C)CC2(N(C)C)CCC2)sc1CO. The van der Waals surface area contributed by atoms with E-state index in [1.807, 2.05) is 0 Å². The summed E-state index contributed by atoms with van der Waals surface area (Å²) in [6.45, 7) is 1.47. The van der Waals surface area contributed by atoms with Crippen LogP contribution in [0.4, 0.5) is 5.13 Å². The number of hydrogen-bond acceptors (Lipinski definition) is 6. The van der Waals surface area contributed by atoms with Crippen LogP contribution in [0.25, 0.3) is 0 Å². The van der Waals surface area contributed by atoms with E-state index in [0.29, 0.717) is 6.61 Å². The molecule has 1 saturated carbocycles. The van der Waals surface area contributed by atoms with Crippen LogP contribution in [-0.2, 0) is 18.0 Å². The lowest BCUT2D eigenvalue weighted by Gasteiger charge is -2.49. The van der Waals surface area contributed by atoms with E-state index in [4.69, 9.17) is 4.74 Å². The van der Waals surface area contributed by atoms with Gasteiger partial charge in [-0.25, -0.2) is 4.98 Å². The van der Waals surface area contributed by atoms with Crippen LogP contribution in [0.3, 0.4) is 0 Å². The Balaban J connectivity index is 2.10. The first-order valence-electron chi connectivity index (χ1n) is 6.99. The zero-order valence-electron chi connectivity index (χ0n) is 12.8. The Hall–Kier alpha value is -0.690. The standard InChI is InChI=1S/C14H25N3O2S/c1-16(2)14(6-5-7-14)10-17(3)13-15-11(9-19-4)12(8-18)20-13/h18H,5-10H2,1-4H3. The van der Waals surface area contributed by atoms with Crippen molar-refractivity contribution < 1.29 is 9.84 Å². The average Bonchev–Trinajstić information content (AvgIpc) is 2.77. The van der Waals surface area contributed by atoms with Crippen LogP contribution in [0.2, 0.25) is 0 Å². The first-order valence-corrected chi connectivity index (χ1v) is 7.81. The fraction of sp³-hybridized carbons (Fsp3) is 0.786. The van der Waals surface area contributed by atoms with Gasteiger partial charge in [0.2, 0.25) is 0 Å². The van der Waals surface area contributed by atoms with Gasteiger partial charge in [-0.1, -0.05) is 11.3 Å². The Labute approximate surface area is 125 Å². The molecule has 20 heavy (non-hydrogen) atoms. The third-order valence-electron chi connectivity index (χ3n) is 4.28. The smallest absolute Gasteiger partial charge is 0.185 e. The minimum Gasteiger partial charge on any atom is -0.391 e. The van der Waals surface area contributed by atoms with Gasteiger partial charge in [-0.05, 0) is 33.4 Å². The molecule has 0 bridgehead atoms. The van der Waals surface area contributed by atoms with Crippen molar-refractivity contribution in [2.24, 2.45) is 0 Å². The van der Waals surface area contributed by atoms with Crippen molar-refractivity contribution in [1.82, 2.24) is 9.88 Å². The predicted octanol–water partition coefficient (Wildman–Crippen LogP) is 1.70. The third-order valence-corrected chi connectivity index (χ3v) is 5.48. The number of nitrogens with zero attached hydrogens (tertiary/aromatic N) is 3. The Kier molecular flexibility index (Phi) is 5.01. The maximum atomic E-state index is 9.41. The lowest BCUT2D eigenvalue weighted by Crippen LogP contribution is -2.56. The molecule has 0 radical (unpaired) electrons. The van der Waals surface area contributed by atoms with Crippen LogP contribution >= 0.6 is 11.3 Å². The average molecular weight is 299 g/mol. The molecule has 2 rings (SSSR count). The van der Waals surface area contributed by atoms with E-state index >= 15 is 0 Å². The van der Waals surface area contributed by atoms with Gasteiger partial charge < -0.3 is 19.6 Å². The highest BCUT2D eigenvalue weighted by Gasteiger charge is 2.40. The highest BCUT2D eigenvalue weighted by atomic mass is 32.1. The van der Waals surface area contributed by atoms with Gasteiger partial charge in [0.15, 0.2) is 5.13 Å². The normalized spacial score (nSPS) is 17.3. The van der Waals surface area contributed by atoms with Gasteiger partial charge in [-0.2, -0.15) is 0 Å². The van der Waals surface area contributed by atoms with Gasteiger partial charge >= 0.3 is 0 Å². The molecule has 0 atom stereocenters. The Morgan fingerprint density at radius 3 is 2.50 bits per heavy atom. The van der Waals surface area contributed by atoms with Crippen LogP contribution in [0.1, 0.15) is 29.8 Å². The second-order valence-electron chi connectivity index (χ2n) is 5.79. The second-order valence-corrected chi connectivity index (χ2v) is 6.85. The fourth-order valence-electron chi connectivity index (χ4n) is 2.75. The van der Waals surface area contributed by atoms with Crippen LogP contribution in [0.15, 0.2) is 0 Å². The Bertz CT molecular complexity index is 444. The molecule has 1 aliphatic rings. The molecule has 0 unspecified atom stereocenters. The summed E-state index contributed by atoms with van der Waals surface area (Å²) in [5.41, 5.74) is 1.13. The highest BCUT2D eigenvalue weighted by Crippen LogP contribution is 2.38. The zero-order valence-corrected chi connectivity index (χ0v) is 13.7. The summed E-state index contributed by atoms with van der Waals surface area (Å²) < 4.78 is 5.14. The summed E-state index contributed by atoms with van der Waals surface area (Å²) in [4.78, 5) is 10.1. The van der Waals surface area contributed by atoms with E-state index in [1.165, 1.54) is 19.3 Å². The topological polar surface area (TPSA) is 48.8 Å². The van der Waals surface area contributed by atoms with E-state index < -0.39 is 0 Å². The van der Waals surface area contributed by atoms with Crippen molar-refractivity contribution >= 4 is 16.5 Å². The van der Waals surface area contributed by atoms with Crippen molar-refractivity contribution in [2.45, 2.75) is 38.0 Å². The molecule has 0 amide bonds. The van der Waals surface area contributed by atoms with Crippen molar-refractivity contribution in [3.8, 4) is 0 Å². The monoisotopic (exact) mass is 299 g/mol. The van der Waals surface area contributed by atoms with E-state index in [1.54, 1.807) is 18.4 Å². The molecule has 1 fully saturated rings. The van der Waals surface area contributed by atoms with Crippen molar-refractivity contribution in [2.75, 3.05) is 39.7 Å². The minimum atomic E-state index is 0.0308. The van der Waals surface area contributed by atoms with Gasteiger partial charge in [0.1, 0.15) is 0 Å². The van der Waals surface area contributed by atoms with Crippen LogP contribution < -0.4 is 4.90 Å². The third kappa shape index (κ3) is 2.98. The summed E-state index contributed by atoms with van der Waals surface area (Å²) in [5, 5.41) is 10.4. The molecule has 0 saturated heterocycles. The largest absolute Gasteiger partial charge is 0.391 e. The molecule has 114 valence electrons. The molecule has 1 aliphatic carbocycles. The first kappa shape index (κ1) is 15.7. The lowest BCUT2D eigenvalue weighted by atomic mass is 9.75. The molecule has 1 aromatic heterocycles. The number of thiazole rings is 1. The number of aliphatic hydroxyl groups is 1. The molecule has 0 aromatic carbocycles. The van der Waals surface area contributed by atoms with Crippen molar-refractivity contribution in [3.05, 3.63) is 10.6 Å². The van der Waals surface area contributed by atoms with E-state index in [9.17, 15) is 5.11 Å². The molecule has 1 heterocycles. The van der Waals surface area contributed by atoms with Crippen molar-refractivity contribution in [1.29, 1.82) is 0 Å². The minimum absolute atomic E-state index is 0.0308. The second kappa shape index (κ2) is 6.39. The molecule has 1 N–H and O–H groups in total. The van der Waals surface area contributed by atoms with Gasteiger partial charge in [0.05, 0.1) is 23.8 Å². The predicted molar refractivity (Wildman–Crippen MR) is 82.3 cm³/mol. The summed E-state index contributed by atoms with van der Waals surface area (Å²) in [5.74, 6) is 0. The number of methoxy groups -OCH3 is 1. The lowest BCUT2D eigenvalue weighted by molar-refractivity contribution is 0.0683. The van der Waals surface area contributed by atoms with E-state index in [2.05, 4.69) is 35.9 Å². The van der Waals surface area contributed by atoms with Gasteiger partial charge in [-0.3, -0.25) is 0 Å². The first-order chi connectivity index (χ1) is 9.52. The van der Waals surface area contributed by atoms with Gasteiger partial charge in [0.25, 0.3) is 0 Å². The van der Waals surface area contributed by atoms with Crippen LogP contribution in [0.5, 0.6) is 0 Å². The summed E-state index contributed by atoms with van der Waals surface area (Å²) >= 11 is 1.56. The number of aliphatic hydroxyl groups excluding tert-OH is 1. The maximum absolute atomic E-state index is 9.41. The number of likely N-dealkylation sites (N-methyl/N-ethyl adjacent to an activating group) is 2. The number of anilines is 1. The molecule has 0 aliphatic heterocycles. The number of aromatic nitrogens is 1.